The van der Waals surface area contributed by atoms with Crippen molar-refractivity contribution in [2.75, 3.05) is 25.5 Å². The van der Waals surface area contributed by atoms with Crippen molar-refractivity contribution in [1.82, 2.24) is 4.31 Å². The number of aryl methyl sites for hydroxylation is 2. The van der Waals surface area contributed by atoms with Gasteiger partial charge in [0.2, 0.25) is 10.0 Å². The third-order valence-electron chi connectivity index (χ3n) is 6.12. The molecule has 6 nitrogen and oxygen atoms in total. The number of sulfonamides is 1. The third-order valence-corrected chi connectivity index (χ3v) is 7.97. The quantitative estimate of drug-likeness (QED) is 0.650. The second-order valence-corrected chi connectivity index (χ2v) is 10.7. The molecule has 0 spiro atoms. The number of piperidine rings is 1. The standard InChI is InChI=1S/C25H34N2O4S/c1-6-19-9-8-10-20(7-2)24(19)26-25(28)21-11-12-22(31-5)23(14-21)32(29,30)27-15-17(3)13-18(4)16-27/h8-12,14,17-18H,6-7,13,15-16H2,1-5H3,(H,26,28). The zero-order chi connectivity index (χ0) is 23.5. The van der Waals surface area contributed by atoms with E-state index in [0.717, 1.165) is 36.1 Å². The average Bonchev–Trinajstić information content (AvgIpc) is 2.78. The van der Waals surface area contributed by atoms with Gasteiger partial charge in [0.15, 0.2) is 0 Å². The van der Waals surface area contributed by atoms with E-state index in [2.05, 4.69) is 19.2 Å². The Balaban J connectivity index is 1.97. The molecule has 32 heavy (non-hydrogen) atoms. The molecule has 0 radical (unpaired) electrons. The number of nitrogens with zero attached hydrogens (tertiary/aromatic N) is 1. The topological polar surface area (TPSA) is 75.7 Å². The summed E-state index contributed by atoms with van der Waals surface area (Å²) in [6.07, 6.45) is 2.58. The molecule has 1 saturated heterocycles. The van der Waals surface area contributed by atoms with Gasteiger partial charge in [-0.25, -0.2) is 8.42 Å². The molecular weight excluding hydrogens is 424 g/mol. The fourth-order valence-electron chi connectivity index (χ4n) is 4.55. The molecule has 0 aromatic heterocycles. The fraction of sp³-hybridized carbons (Fsp3) is 0.480. The molecule has 1 aliphatic rings. The van der Waals surface area contributed by atoms with Crippen LogP contribution in [0, 0.1) is 11.8 Å². The summed E-state index contributed by atoms with van der Waals surface area (Å²) in [5, 5.41) is 3.02. The van der Waals surface area contributed by atoms with Crippen LogP contribution in [0.25, 0.3) is 0 Å². The molecule has 2 atom stereocenters. The SMILES string of the molecule is CCc1cccc(CC)c1NC(=O)c1ccc(OC)c(S(=O)(=O)N2CC(C)CC(C)C2)c1. The number of para-hydroxylation sites is 1. The molecule has 174 valence electrons. The number of amides is 1. The number of carbonyl (C=O) groups is 1. The van der Waals surface area contributed by atoms with Crippen LogP contribution in [0.15, 0.2) is 41.3 Å². The summed E-state index contributed by atoms with van der Waals surface area (Å²) in [6, 6.07) is 10.6. The molecule has 1 aliphatic heterocycles. The second kappa shape index (κ2) is 10.0. The normalized spacial score (nSPS) is 19.5. The lowest BCUT2D eigenvalue weighted by Crippen LogP contribution is -2.42. The largest absolute Gasteiger partial charge is 0.495 e. The van der Waals surface area contributed by atoms with Crippen molar-refractivity contribution in [3.8, 4) is 5.75 Å². The molecule has 2 unspecified atom stereocenters. The highest BCUT2D eigenvalue weighted by molar-refractivity contribution is 7.89. The van der Waals surface area contributed by atoms with Crippen LogP contribution in [-0.4, -0.2) is 38.8 Å². The van der Waals surface area contributed by atoms with Crippen molar-refractivity contribution in [3.05, 3.63) is 53.1 Å². The highest BCUT2D eigenvalue weighted by Gasteiger charge is 2.34. The fourth-order valence-corrected chi connectivity index (χ4v) is 6.41. The Kier molecular flexibility index (Phi) is 7.62. The molecule has 3 rings (SSSR count). The van der Waals surface area contributed by atoms with Crippen molar-refractivity contribution >= 4 is 21.6 Å². The molecule has 2 aromatic carbocycles. The molecule has 2 aromatic rings. The lowest BCUT2D eigenvalue weighted by Gasteiger charge is -2.34. The summed E-state index contributed by atoms with van der Waals surface area (Å²) in [5.41, 5.74) is 3.20. The molecule has 1 fully saturated rings. The first-order valence-corrected chi connectivity index (χ1v) is 12.8. The predicted molar refractivity (Wildman–Crippen MR) is 128 cm³/mol. The van der Waals surface area contributed by atoms with E-state index in [-0.39, 0.29) is 34.0 Å². The number of rotatable bonds is 7. The Bertz CT molecular complexity index is 1050. The Morgan fingerprint density at radius 1 is 1.06 bits per heavy atom. The van der Waals surface area contributed by atoms with Gasteiger partial charge in [0.25, 0.3) is 5.91 Å². The first kappa shape index (κ1) is 24.3. The minimum absolute atomic E-state index is 0.0356. The van der Waals surface area contributed by atoms with Crippen molar-refractivity contribution in [3.63, 3.8) is 0 Å². The first-order chi connectivity index (χ1) is 15.2. The van der Waals surface area contributed by atoms with Gasteiger partial charge < -0.3 is 10.1 Å². The van der Waals surface area contributed by atoms with E-state index >= 15 is 0 Å². The average molecular weight is 459 g/mol. The summed E-state index contributed by atoms with van der Waals surface area (Å²) in [5.74, 6) is 0.476. The minimum atomic E-state index is -3.80. The summed E-state index contributed by atoms with van der Waals surface area (Å²) < 4.78 is 33.9. The maximum Gasteiger partial charge on any atom is 0.255 e. The molecule has 1 amide bonds. The first-order valence-electron chi connectivity index (χ1n) is 11.3. The summed E-state index contributed by atoms with van der Waals surface area (Å²) in [7, 11) is -2.35. The zero-order valence-corrected chi connectivity index (χ0v) is 20.5. The molecule has 0 bridgehead atoms. The molecular formula is C25H34N2O4S. The predicted octanol–water partition coefficient (Wildman–Crippen LogP) is 4.74. The smallest absolute Gasteiger partial charge is 0.255 e. The number of ether oxygens (including phenoxy) is 1. The van der Waals surface area contributed by atoms with Gasteiger partial charge in [0.1, 0.15) is 10.6 Å². The van der Waals surface area contributed by atoms with Crippen molar-refractivity contribution < 1.29 is 17.9 Å². The van der Waals surface area contributed by atoms with Gasteiger partial charge in [-0.05, 0) is 60.4 Å². The van der Waals surface area contributed by atoms with Crippen LogP contribution in [0.5, 0.6) is 5.75 Å². The van der Waals surface area contributed by atoms with Gasteiger partial charge in [-0.2, -0.15) is 4.31 Å². The summed E-state index contributed by atoms with van der Waals surface area (Å²) >= 11 is 0. The maximum atomic E-state index is 13.5. The van der Waals surface area contributed by atoms with Gasteiger partial charge in [-0.1, -0.05) is 45.9 Å². The molecule has 0 aliphatic carbocycles. The van der Waals surface area contributed by atoms with Crippen molar-refractivity contribution in [2.45, 2.75) is 51.9 Å². The number of hydrogen-bond acceptors (Lipinski definition) is 4. The highest BCUT2D eigenvalue weighted by Crippen LogP contribution is 2.32. The Morgan fingerprint density at radius 3 is 2.19 bits per heavy atom. The summed E-state index contributed by atoms with van der Waals surface area (Å²) in [4.78, 5) is 13.2. The van der Waals surface area contributed by atoms with Crippen LogP contribution >= 0.6 is 0 Å². The number of anilines is 1. The van der Waals surface area contributed by atoms with Crippen LogP contribution < -0.4 is 10.1 Å². The van der Waals surface area contributed by atoms with E-state index in [0.29, 0.717) is 13.1 Å². The van der Waals surface area contributed by atoms with Crippen LogP contribution in [0.4, 0.5) is 5.69 Å². The molecule has 1 heterocycles. The zero-order valence-electron chi connectivity index (χ0n) is 19.6. The van der Waals surface area contributed by atoms with Gasteiger partial charge in [0.05, 0.1) is 7.11 Å². The van der Waals surface area contributed by atoms with Gasteiger partial charge in [-0.15, -0.1) is 0 Å². The third kappa shape index (κ3) is 4.99. The monoisotopic (exact) mass is 458 g/mol. The van der Waals surface area contributed by atoms with Crippen molar-refractivity contribution in [2.24, 2.45) is 11.8 Å². The van der Waals surface area contributed by atoms with Gasteiger partial charge in [-0.3, -0.25) is 4.79 Å². The van der Waals surface area contributed by atoms with Crippen molar-refractivity contribution in [1.29, 1.82) is 0 Å². The van der Waals surface area contributed by atoms with E-state index in [1.807, 2.05) is 32.0 Å². The Morgan fingerprint density at radius 2 is 1.66 bits per heavy atom. The van der Waals surface area contributed by atoms with Gasteiger partial charge >= 0.3 is 0 Å². The maximum absolute atomic E-state index is 13.5. The minimum Gasteiger partial charge on any atom is -0.495 e. The van der Waals surface area contributed by atoms with E-state index in [9.17, 15) is 13.2 Å². The van der Waals surface area contributed by atoms with E-state index in [4.69, 9.17) is 4.74 Å². The van der Waals surface area contributed by atoms with Crippen LogP contribution in [0.1, 0.15) is 55.6 Å². The number of carbonyl (C=O) groups excluding carboxylic acids is 1. The molecule has 0 saturated carbocycles. The number of nitrogens with one attached hydrogen (secondary N) is 1. The van der Waals surface area contributed by atoms with E-state index in [1.54, 1.807) is 12.1 Å². The summed E-state index contributed by atoms with van der Waals surface area (Å²) in [6.45, 7) is 9.16. The number of methoxy groups -OCH3 is 1. The highest BCUT2D eigenvalue weighted by atomic mass is 32.2. The lowest BCUT2D eigenvalue weighted by atomic mass is 9.94. The van der Waals surface area contributed by atoms with Crippen LogP contribution in [-0.2, 0) is 22.9 Å². The number of hydrogen-bond donors (Lipinski definition) is 1. The Labute approximate surface area is 192 Å². The van der Waals surface area contributed by atoms with E-state index < -0.39 is 10.0 Å². The van der Waals surface area contributed by atoms with E-state index in [1.165, 1.54) is 17.5 Å². The molecule has 1 N–H and O–H groups in total. The Hall–Kier alpha value is -2.38. The number of benzene rings is 2. The van der Waals surface area contributed by atoms with Crippen LogP contribution in [0.2, 0.25) is 0 Å². The van der Waals surface area contributed by atoms with Crippen LogP contribution in [0.3, 0.4) is 0 Å². The second-order valence-electron chi connectivity index (χ2n) is 8.75. The van der Waals surface area contributed by atoms with Gasteiger partial charge in [0, 0.05) is 24.3 Å². The lowest BCUT2D eigenvalue weighted by molar-refractivity contribution is 0.102. The molecule has 7 heteroatoms.